The molecule has 2 atom stereocenters. The maximum absolute atomic E-state index is 12.3. The Kier molecular flexibility index (Phi) is 3.88. The van der Waals surface area contributed by atoms with Crippen LogP contribution in [0.4, 0.5) is 0 Å². The zero-order chi connectivity index (χ0) is 14.0. The summed E-state index contributed by atoms with van der Waals surface area (Å²) in [4.78, 5) is 25.3. The fourth-order valence-corrected chi connectivity index (χ4v) is 2.52. The average molecular weight is 261 g/mol. The van der Waals surface area contributed by atoms with E-state index in [-0.39, 0.29) is 23.7 Å². The van der Waals surface area contributed by atoms with Crippen LogP contribution in [0.5, 0.6) is 0 Å². The third-order valence-corrected chi connectivity index (χ3v) is 3.68. The molecule has 2 rings (SSSR count). The molecule has 0 aromatic heterocycles. The Morgan fingerprint density at radius 2 is 2.11 bits per heavy atom. The van der Waals surface area contributed by atoms with Gasteiger partial charge in [0, 0.05) is 13.6 Å². The van der Waals surface area contributed by atoms with Crippen LogP contribution in [0.15, 0.2) is 24.3 Å². The van der Waals surface area contributed by atoms with Crippen LogP contribution < -0.4 is 0 Å². The molecule has 0 aliphatic heterocycles. The van der Waals surface area contributed by atoms with Gasteiger partial charge in [0.25, 0.3) is 0 Å². The summed E-state index contributed by atoms with van der Waals surface area (Å²) < 4.78 is 4.67. The topological polar surface area (TPSA) is 46.6 Å². The first-order valence-corrected chi connectivity index (χ1v) is 6.45. The smallest absolute Gasteiger partial charge is 0.310 e. The number of rotatable bonds is 4. The molecular formula is C15H19NO3. The molecule has 0 heterocycles. The highest BCUT2D eigenvalue weighted by Crippen LogP contribution is 2.35. The second-order valence-electron chi connectivity index (χ2n) is 5.10. The van der Waals surface area contributed by atoms with Crippen LogP contribution in [0.3, 0.4) is 0 Å². The van der Waals surface area contributed by atoms with Crippen molar-refractivity contribution in [1.82, 2.24) is 4.90 Å². The van der Waals surface area contributed by atoms with E-state index in [1.54, 1.807) is 18.9 Å². The molecule has 102 valence electrons. The standard InChI is InChI=1S/C15H19NO3/c1-10(15(18)19-3)9-16(2)14(17)13-8-11-6-4-5-7-12(11)13/h4-7,10,13H,8-9H2,1-3H3. The number of esters is 1. The van der Waals surface area contributed by atoms with Crippen molar-refractivity contribution in [2.45, 2.75) is 19.3 Å². The van der Waals surface area contributed by atoms with Crippen molar-refractivity contribution in [2.75, 3.05) is 20.7 Å². The molecule has 0 radical (unpaired) electrons. The minimum Gasteiger partial charge on any atom is -0.469 e. The maximum atomic E-state index is 12.3. The van der Waals surface area contributed by atoms with Crippen molar-refractivity contribution in [2.24, 2.45) is 5.92 Å². The summed E-state index contributed by atoms with van der Waals surface area (Å²) >= 11 is 0. The van der Waals surface area contributed by atoms with Gasteiger partial charge in [-0.3, -0.25) is 9.59 Å². The molecule has 4 nitrogen and oxygen atoms in total. The van der Waals surface area contributed by atoms with Crippen molar-refractivity contribution in [3.05, 3.63) is 35.4 Å². The summed E-state index contributed by atoms with van der Waals surface area (Å²) in [7, 11) is 3.10. The number of amides is 1. The van der Waals surface area contributed by atoms with E-state index in [2.05, 4.69) is 10.8 Å². The fraction of sp³-hybridized carbons (Fsp3) is 0.467. The molecule has 0 bridgehead atoms. The summed E-state index contributed by atoms with van der Waals surface area (Å²) in [6.45, 7) is 2.16. The van der Waals surface area contributed by atoms with Gasteiger partial charge < -0.3 is 9.64 Å². The lowest BCUT2D eigenvalue weighted by molar-refractivity contribution is -0.146. The first-order valence-electron chi connectivity index (χ1n) is 6.45. The molecule has 1 aromatic carbocycles. The van der Waals surface area contributed by atoms with Crippen LogP contribution in [-0.2, 0) is 20.7 Å². The van der Waals surface area contributed by atoms with Crippen molar-refractivity contribution in [3.63, 3.8) is 0 Å². The summed E-state index contributed by atoms with van der Waals surface area (Å²) in [5.74, 6) is -0.552. The fourth-order valence-electron chi connectivity index (χ4n) is 2.52. The highest BCUT2D eigenvalue weighted by molar-refractivity contribution is 5.87. The second kappa shape index (κ2) is 5.43. The van der Waals surface area contributed by atoms with E-state index < -0.39 is 0 Å². The molecule has 0 N–H and O–H groups in total. The molecule has 0 saturated carbocycles. The van der Waals surface area contributed by atoms with Gasteiger partial charge in [-0.15, -0.1) is 0 Å². The molecule has 4 heteroatoms. The van der Waals surface area contributed by atoms with Crippen LogP contribution in [0.2, 0.25) is 0 Å². The third-order valence-electron chi connectivity index (χ3n) is 3.68. The van der Waals surface area contributed by atoms with Crippen molar-refractivity contribution >= 4 is 11.9 Å². The Bertz CT molecular complexity index is 498. The number of hydrogen-bond acceptors (Lipinski definition) is 3. The number of carbonyl (C=O) groups is 2. The maximum Gasteiger partial charge on any atom is 0.310 e. The van der Waals surface area contributed by atoms with Gasteiger partial charge in [0.2, 0.25) is 5.91 Å². The molecule has 0 fully saturated rings. The lowest BCUT2D eigenvalue weighted by atomic mass is 9.77. The second-order valence-corrected chi connectivity index (χ2v) is 5.10. The van der Waals surface area contributed by atoms with Gasteiger partial charge in [-0.25, -0.2) is 0 Å². The van der Waals surface area contributed by atoms with Gasteiger partial charge >= 0.3 is 5.97 Å². The first-order chi connectivity index (χ1) is 9.04. The van der Waals surface area contributed by atoms with Crippen LogP contribution in [0, 0.1) is 5.92 Å². The summed E-state index contributed by atoms with van der Waals surface area (Å²) in [5, 5.41) is 0. The molecule has 1 amide bonds. The van der Waals surface area contributed by atoms with E-state index in [9.17, 15) is 9.59 Å². The quantitative estimate of drug-likeness (QED) is 0.773. The predicted octanol–water partition coefficient (Wildman–Crippen LogP) is 1.59. The number of nitrogens with zero attached hydrogens (tertiary/aromatic N) is 1. The van der Waals surface area contributed by atoms with E-state index >= 15 is 0 Å². The van der Waals surface area contributed by atoms with E-state index in [4.69, 9.17) is 0 Å². The number of benzene rings is 1. The minimum atomic E-state index is -0.297. The Morgan fingerprint density at radius 3 is 2.74 bits per heavy atom. The molecule has 1 aliphatic carbocycles. The summed E-state index contributed by atoms with van der Waals surface area (Å²) in [6.07, 6.45) is 0.798. The minimum absolute atomic E-state index is 0.0500. The Hall–Kier alpha value is -1.84. The van der Waals surface area contributed by atoms with E-state index in [0.29, 0.717) is 6.54 Å². The average Bonchev–Trinajstić information content (AvgIpc) is 2.38. The van der Waals surface area contributed by atoms with E-state index in [1.807, 2.05) is 18.2 Å². The zero-order valence-corrected chi connectivity index (χ0v) is 11.6. The Morgan fingerprint density at radius 1 is 1.42 bits per heavy atom. The Balaban J connectivity index is 1.97. The van der Waals surface area contributed by atoms with Crippen LogP contribution in [0.25, 0.3) is 0 Å². The number of hydrogen-bond donors (Lipinski definition) is 0. The lowest BCUT2D eigenvalue weighted by Gasteiger charge is -2.33. The lowest BCUT2D eigenvalue weighted by Crippen LogP contribution is -2.40. The zero-order valence-electron chi connectivity index (χ0n) is 11.6. The third kappa shape index (κ3) is 2.62. The number of likely N-dealkylation sites (N-methyl/N-ethyl adjacent to an activating group) is 1. The summed E-state index contributed by atoms with van der Waals surface area (Å²) in [5.41, 5.74) is 2.36. The SMILES string of the molecule is COC(=O)C(C)CN(C)C(=O)C1Cc2ccccc21. The number of methoxy groups -OCH3 is 1. The van der Waals surface area contributed by atoms with Crippen molar-refractivity contribution < 1.29 is 14.3 Å². The van der Waals surface area contributed by atoms with Gasteiger partial charge in [0.1, 0.15) is 0 Å². The molecule has 19 heavy (non-hydrogen) atoms. The number of carbonyl (C=O) groups excluding carboxylic acids is 2. The van der Waals surface area contributed by atoms with E-state index in [1.165, 1.54) is 12.7 Å². The van der Waals surface area contributed by atoms with Crippen molar-refractivity contribution in [3.8, 4) is 0 Å². The monoisotopic (exact) mass is 261 g/mol. The molecule has 2 unspecified atom stereocenters. The largest absolute Gasteiger partial charge is 0.469 e. The highest BCUT2D eigenvalue weighted by atomic mass is 16.5. The molecule has 1 aliphatic rings. The van der Waals surface area contributed by atoms with Gasteiger partial charge in [-0.05, 0) is 17.5 Å². The molecular weight excluding hydrogens is 242 g/mol. The molecule has 1 aromatic rings. The van der Waals surface area contributed by atoms with Gasteiger partial charge in [0.05, 0.1) is 18.9 Å². The van der Waals surface area contributed by atoms with Crippen LogP contribution >= 0.6 is 0 Å². The van der Waals surface area contributed by atoms with Gasteiger partial charge in [-0.1, -0.05) is 31.2 Å². The number of fused-ring (bicyclic) bond motifs is 1. The first kappa shape index (κ1) is 13.6. The Labute approximate surface area is 113 Å². The normalized spacial score (nSPS) is 17.9. The molecule has 0 spiro atoms. The number of ether oxygens (including phenoxy) is 1. The van der Waals surface area contributed by atoms with Gasteiger partial charge in [0.15, 0.2) is 0 Å². The molecule has 0 saturated heterocycles. The van der Waals surface area contributed by atoms with Crippen molar-refractivity contribution in [1.29, 1.82) is 0 Å². The predicted molar refractivity (Wildman–Crippen MR) is 71.7 cm³/mol. The highest BCUT2D eigenvalue weighted by Gasteiger charge is 2.34. The van der Waals surface area contributed by atoms with E-state index in [0.717, 1.165) is 12.0 Å². The summed E-state index contributed by atoms with van der Waals surface area (Å²) in [6, 6.07) is 7.99. The van der Waals surface area contributed by atoms with Crippen LogP contribution in [-0.4, -0.2) is 37.5 Å². The van der Waals surface area contributed by atoms with Crippen LogP contribution in [0.1, 0.15) is 24.0 Å². The van der Waals surface area contributed by atoms with Gasteiger partial charge in [-0.2, -0.15) is 0 Å².